The summed E-state index contributed by atoms with van der Waals surface area (Å²) in [4.78, 5) is 34.5. The third kappa shape index (κ3) is 5.65. The summed E-state index contributed by atoms with van der Waals surface area (Å²) >= 11 is 0. The van der Waals surface area contributed by atoms with Crippen LogP contribution in [0.4, 0.5) is 0 Å². The molecule has 108 valence electrons. The lowest BCUT2D eigenvalue weighted by atomic mass is 10.1. The van der Waals surface area contributed by atoms with Gasteiger partial charge in [0.1, 0.15) is 0 Å². The maximum atomic E-state index is 11.8. The summed E-state index contributed by atoms with van der Waals surface area (Å²) in [6, 6.07) is 8.54. The average molecular weight is 277 g/mol. The first kappa shape index (κ1) is 15.9. The van der Waals surface area contributed by atoms with Gasteiger partial charge in [0, 0.05) is 24.4 Å². The Morgan fingerprint density at radius 2 is 1.80 bits per heavy atom. The van der Waals surface area contributed by atoms with Gasteiger partial charge in [0.05, 0.1) is 13.5 Å². The van der Waals surface area contributed by atoms with E-state index >= 15 is 0 Å². The Morgan fingerprint density at radius 1 is 1.15 bits per heavy atom. The van der Waals surface area contributed by atoms with Crippen molar-refractivity contribution in [2.45, 2.75) is 32.2 Å². The van der Waals surface area contributed by atoms with Crippen LogP contribution in [0.2, 0.25) is 0 Å². The van der Waals surface area contributed by atoms with Gasteiger partial charge in [0.2, 0.25) is 5.91 Å². The molecule has 0 heterocycles. The molecule has 0 radical (unpaired) electrons. The number of amides is 1. The van der Waals surface area contributed by atoms with Gasteiger partial charge in [-0.25, -0.2) is 0 Å². The molecule has 1 aromatic rings. The third-order valence-electron chi connectivity index (χ3n) is 2.78. The SMILES string of the molecule is COC(=O)CC(C)NC(=O)CCC(=O)c1ccccc1. The second kappa shape index (κ2) is 8.09. The molecule has 1 atom stereocenters. The number of methoxy groups -OCH3 is 1. The molecule has 0 aliphatic rings. The van der Waals surface area contributed by atoms with Crippen LogP contribution in [0, 0.1) is 0 Å². The molecule has 0 aliphatic carbocycles. The van der Waals surface area contributed by atoms with Crippen molar-refractivity contribution in [1.29, 1.82) is 0 Å². The lowest BCUT2D eigenvalue weighted by molar-refractivity contribution is -0.141. The molecule has 20 heavy (non-hydrogen) atoms. The van der Waals surface area contributed by atoms with Gasteiger partial charge in [-0.2, -0.15) is 0 Å². The molecule has 0 spiro atoms. The van der Waals surface area contributed by atoms with Crippen molar-refractivity contribution in [2.75, 3.05) is 7.11 Å². The second-order valence-electron chi connectivity index (χ2n) is 4.54. The maximum Gasteiger partial charge on any atom is 0.307 e. The zero-order chi connectivity index (χ0) is 15.0. The minimum Gasteiger partial charge on any atom is -0.469 e. The fourth-order valence-corrected chi connectivity index (χ4v) is 1.73. The first-order chi connectivity index (χ1) is 9.52. The Bertz CT molecular complexity index is 470. The molecular formula is C15H19NO4. The Labute approximate surface area is 118 Å². The summed E-state index contributed by atoms with van der Waals surface area (Å²) in [5.74, 6) is -0.690. The van der Waals surface area contributed by atoms with Gasteiger partial charge in [-0.15, -0.1) is 0 Å². The van der Waals surface area contributed by atoms with Crippen molar-refractivity contribution in [3.05, 3.63) is 35.9 Å². The van der Waals surface area contributed by atoms with Gasteiger partial charge in [0.15, 0.2) is 5.78 Å². The van der Waals surface area contributed by atoms with E-state index in [2.05, 4.69) is 10.1 Å². The van der Waals surface area contributed by atoms with E-state index in [9.17, 15) is 14.4 Å². The first-order valence-electron chi connectivity index (χ1n) is 6.47. The van der Waals surface area contributed by atoms with Crippen molar-refractivity contribution in [2.24, 2.45) is 0 Å². The first-order valence-corrected chi connectivity index (χ1v) is 6.47. The van der Waals surface area contributed by atoms with Crippen molar-refractivity contribution < 1.29 is 19.1 Å². The Kier molecular flexibility index (Phi) is 6.43. The number of carbonyl (C=O) groups excluding carboxylic acids is 3. The molecule has 1 unspecified atom stereocenters. The van der Waals surface area contributed by atoms with E-state index in [1.807, 2.05) is 6.07 Å². The standard InChI is InChI=1S/C15H19NO4/c1-11(10-15(19)20-2)16-14(18)9-8-13(17)12-6-4-3-5-7-12/h3-7,11H,8-10H2,1-2H3,(H,16,18). The van der Waals surface area contributed by atoms with Crippen molar-refractivity contribution in [1.82, 2.24) is 5.32 Å². The third-order valence-corrected chi connectivity index (χ3v) is 2.78. The molecule has 0 aliphatic heterocycles. The Balaban J connectivity index is 2.33. The van der Waals surface area contributed by atoms with Gasteiger partial charge >= 0.3 is 5.97 Å². The predicted octanol–water partition coefficient (Wildman–Crippen LogP) is 1.72. The zero-order valence-corrected chi connectivity index (χ0v) is 11.7. The van der Waals surface area contributed by atoms with Crippen LogP contribution < -0.4 is 5.32 Å². The van der Waals surface area contributed by atoms with Gasteiger partial charge < -0.3 is 10.1 Å². The molecule has 1 amide bonds. The number of rotatable bonds is 7. The van der Waals surface area contributed by atoms with Gasteiger partial charge in [-0.3, -0.25) is 14.4 Å². The molecule has 0 saturated heterocycles. The summed E-state index contributed by atoms with van der Waals surface area (Å²) in [5, 5.41) is 2.66. The number of ether oxygens (including phenoxy) is 1. The highest BCUT2D eigenvalue weighted by Gasteiger charge is 2.13. The average Bonchev–Trinajstić information content (AvgIpc) is 2.45. The molecule has 1 aromatic carbocycles. The molecule has 0 fully saturated rings. The molecule has 0 saturated carbocycles. The molecular weight excluding hydrogens is 258 g/mol. The van der Waals surface area contributed by atoms with Crippen LogP contribution in [0.5, 0.6) is 0 Å². The van der Waals surface area contributed by atoms with E-state index in [1.165, 1.54) is 7.11 Å². The topological polar surface area (TPSA) is 72.5 Å². The summed E-state index contributed by atoms with van der Waals surface area (Å²) in [7, 11) is 1.30. The minimum atomic E-state index is -0.377. The smallest absolute Gasteiger partial charge is 0.307 e. The molecule has 0 aromatic heterocycles. The quantitative estimate of drug-likeness (QED) is 0.608. The van der Waals surface area contributed by atoms with Gasteiger partial charge in [-0.05, 0) is 6.92 Å². The molecule has 5 nitrogen and oxygen atoms in total. The monoisotopic (exact) mass is 277 g/mol. The number of nitrogens with one attached hydrogen (secondary N) is 1. The maximum absolute atomic E-state index is 11.8. The van der Waals surface area contributed by atoms with Crippen molar-refractivity contribution >= 4 is 17.7 Å². The zero-order valence-electron chi connectivity index (χ0n) is 11.7. The lowest BCUT2D eigenvalue weighted by Gasteiger charge is -2.12. The number of ketones is 1. The minimum absolute atomic E-state index is 0.0682. The van der Waals surface area contributed by atoms with E-state index in [1.54, 1.807) is 31.2 Å². The van der Waals surface area contributed by atoms with E-state index in [-0.39, 0.29) is 43.0 Å². The largest absolute Gasteiger partial charge is 0.469 e. The van der Waals surface area contributed by atoms with Crippen LogP contribution >= 0.6 is 0 Å². The van der Waals surface area contributed by atoms with Crippen LogP contribution in [0.1, 0.15) is 36.5 Å². The number of Topliss-reactive ketones (excluding diaryl/α,β-unsaturated/α-hetero) is 1. The highest BCUT2D eigenvalue weighted by Crippen LogP contribution is 2.05. The molecule has 0 bridgehead atoms. The van der Waals surface area contributed by atoms with E-state index < -0.39 is 0 Å². The van der Waals surface area contributed by atoms with E-state index in [0.29, 0.717) is 5.56 Å². The predicted molar refractivity (Wildman–Crippen MR) is 74.2 cm³/mol. The van der Waals surface area contributed by atoms with Gasteiger partial charge in [-0.1, -0.05) is 30.3 Å². The normalized spacial score (nSPS) is 11.5. The Hall–Kier alpha value is -2.17. The van der Waals surface area contributed by atoms with Crippen LogP contribution in [-0.4, -0.2) is 30.8 Å². The lowest BCUT2D eigenvalue weighted by Crippen LogP contribution is -2.34. The fraction of sp³-hybridized carbons (Fsp3) is 0.400. The number of hydrogen-bond donors (Lipinski definition) is 1. The van der Waals surface area contributed by atoms with Crippen molar-refractivity contribution in [3.63, 3.8) is 0 Å². The van der Waals surface area contributed by atoms with E-state index in [4.69, 9.17) is 0 Å². The van der Waals surface area contributed by atoms with Crippen LogP contribution in [0.3, 0.4) is 0 Å². The number of benzene rings is 1. The van der Waals surface area contributed by atoms with Crippen LogP contribution in [0.15, 0.2) is 30.3 Å². The second-order valence-corrected chi connectivity index (χ2v) is 4.54. The summed E-state index contributed by atoms with van der Waals surface area (Å²) < 4.78 is 4.51. The summed E-state index contributed by atoms with van der Waals surface area (Å²) in [5.41, 5.74) is 0.600. The summed E-state index contributed by atoms with van der Waals surface area (Å²) in [6.45, 7) is 1.72. The van der Waals surface area contributed by atoms with E-state index in [0.717, 1.165) is 0 Å². The van der Waals surface area contributed by atoms with Crippen molar-refractivity contribution in [3.8, 4) is 0 Å². The number of esters is 1. The molecule has 1 N–H and O–H groups in total. The van der Waals surface area contributed by atoms with Crippen LogP contribution in [0.25, 0.3) is 0 Å². The molecule has 5 heteroatoms. The van der Waals surface area contributed by atoms with Crippen LogP contribution in [-0.2, 0) is 14.3 Å². The number of hydrogen-bond acceptors (Lipinski definition) is 4. The van der Waals surface area contributed by atoms with Gasteiger partial charge in [0.25, 0.3) is 0 Å². The highest BCUT2D eigenvalue weighted by atomic mass is 16.5. The Morgan fingerprint density at radius 3 is 2.40 bits per heavy atom. The number of carbonyl (C=O) groups is 3. The molecule has 1 rings (SSSR count). The summed E-state index contributed by atoms with van der Waals surface area (Å²) in [6.07, 6.45) is 0.384. The fourth-order valence-electron chi connectivity index (χ4n) is 1.73. The highest BCUT2D eigenvalue weighted by molar-refractivity contribution is 5.97.